The molecule has 0 saturated carbocycles. The lowest BCUT2D eigenvalue weighted by atomic mass is 9.95. The molecule has 1 unspecified atom stereocenters. The second kappa shape index (κ2) is 6.64. The summed E-state index contributed by atoms with van der Waals surface area (Å²) in [5.41, 5.74) is 6.84. The molecule has 0 aromatic heterocycles. The molecule has 0 bridgehead atoms. The number of benzene rings is 2. The van der Waals surface area contributed by atoms with Crippen molar-refractivity contribution < 1.29 is 4.74 Å². The van der Waals surface area contributed by atoms with Crippen molar-refractivity contribution in [1.82, 2.24) is 4.90 Å². The lowest BCUT2D eigenvalue weighted by molar-refractivity contribution is 0.0683. The van der Waals surface area contributed by atoms with Gasteiger partial charge in [0.05, 0.1) is 6.61 Å². The summed E-state index contributed by atoms with van der Waals surface area (Å²) in [5, 5.41) is 0. The van der Waals surface area contributed by atoms with Gasteiger partial charge in [-0.25, -0.2) is 0 Å². The molecule has 2 nitrogen and oxygen atoms in total. The number of hydrogen-bond acceptors (Lipinski definition) is 2. The first-order chi connectivity index (χ1) is 10.6. The Morgan fingerprint density at radius 3 is 2.50 bits per heavy atom. The molecule has 1 aliphatic rings. The molecule has 2 aromatic rings. The topological polar surface area (TPSA) is 12.5 Å². The smallest absolute Gasteiger partial charge is 0.108 e. The monoisotopic (exact) mass is 295 g/mol. The molecular weight excluding hydrogens is 270 g/mol. The molecule has 1 atom stereocenters. The molecule has 22 heavy (non-hydrogen) atoms. The molecule has 0 radical (unpaired) electrons. The van der Waals surface area contributed by atoms with Gasteiger partial charge in [0.25, 0.3) is 0 Å². The second-order valence-electron chi connectivity index (χ2n) is 6.46. The van der Waals surface area contributed by atoms with Crippen molar-refractivity contribution in [3.8, 4) is 0 Å². The van der Waals surface area contributed by atoms with Crippen molar-refractivity contribution >= 4 is 0 Å². The van der Waals surface area contributed by atoms with Crippen LogP contribution in [0.1, 0.15) is 33.9 Å². The normalized spacial score (nSPS) is 17.0. The van der Waals surface area contributed by atoms with Gasteiger partial charge < -0.3 is 9.64 Å². The van der Waals surface area contributed by atoms with Crippen molar-refractivity contribution in [2.24, 2.45) is 0 Å². The van der Waals surface area contributed by atoms with E-state index in [0.29, 0.717) is 0 Å². The van der Waals surface area contributed by atoms with Crippen LogP contribution in [-0.2, 0) is 17.6 Å². The van der Waals surface area contributed by atoms with E-state index in [-0.39, 0.29) is 6.10 Å². The molecule has 0 heterocycles. The van der Waals surface area contributed by atoms with Crippen LogP contribution in [-0.4, -0.2) is 32.1 Å². The first-order valence-corrected chi connectivity index (χ1v) is 8.08. The zero-order chi connectivity index (χ0) is 15.5. The maximum atomic E-state index is 6.34. The van der Waals surface area contributed by atoms with Crippen LogP contribution in [0.2, 0.25) is 0 Å². The van der Waals surface area contributed by atoms with Crippen molar-refractivity contribution in [3.63, 3.8) is 0 Å². The highest BCUT2D eigenvalue weighted by molar-refractivity contribution is 5.44. The van der Waals surface area contributed by atoms with Gasteiger partial charge in [0.2, 0.25) is 0 Å². The molecule has 0 amide bonds. The van der Waals surface area contributed by atoms with Gasteiger partial charge in [-0.05, 0) is 56.1 Å². The number of aryl methyl sites for hydroxylation is 3. The molecule has 2 heteroatoms. The Morgan fingerprint density at radius 2 is 1.73 bits per heavy atom. The Kier molecular flexibility index (Phi) is 4.60. The highest BCUT2D eigenvalue weighted by atomic mass is 16.5. The van der Waals surface area contributed by atoms with Crippen molar-refractivity contribution in [1.29, 1.82) is 0 Å². The minimum atomic E-state index is 0.0635. The molecule has 1 aliphatic carbocycles. The lowest BCUT2D eigenvalue weighted by Gasteiger charge is -2.22. The summed E-state index contributed by atoms with van der Waals surface area (Å²) in [4.78, 5) is 2.17. The van der Waals surface area contributed by atoms with Crippen LogP contribution in [0.15, 0.2) is 42.5 Å². The van der Waals surface area contributed by atoms with E-state index in [1.54, 1.807) is 0 Å². The van der Waals surface area contributed by atoms with E-state index < -0.39 is 0 Å². The summed E-state index contributed by atoms with van der Waals surface area (Å²) >= 11 is 0. The van der Waals surface area contributed by atoms with E-state index >= 15 is 0 Å². The van der Waals surface area contributed by atoms with Crippen LogP contribution in [0.3, 0.4) is 0 Å². The number of ether oxygens (including phenoxy) is 1. The average Bonchev–Trinajstić information content (AvgIpc) is 2.65. The number of hydrogen-bond donors (Lipinski definition) is 0. The molecule has 0 saturated heterocycles. The predicted octanol–water partition coefficient (Wildman–Crippen LogP) is 3.76. The molecule has 0 fully saturated rings. The second-order valence-corrected chi connectivity index (χ2v) is 6.46. The number of fused-ring (bicyclic) bond motifs is 2. The quantitative estimate of drug-likeness (QED) is 0.851. The third-order valence-corrected chi connectivity index (χ3v) is 4.41. The Morgan fingerprint density at radius 1 is 1.00 bits per heavy atom. The molecule has 0 N–H and O–H groups in total. The zero-order valence-electron chi connectivity index (χ0n) is 13.8. The summed E-state index contributed by atoms with van der Waals surface area (Å²) in [6, 6.07) is 15.5. The fourth-order valence-electron chi connectivity index (χ4n) is 3.17. The summed E-state index contributed by atoms with van der Waals surface area (Å²) in [5.74, 6) is 0. The van der Waals surface area contributed by atoms with Gasteiger partial charge in [0.1, 0.15) is 6.10 Å². The fourth-order valence-corrected chi connectivity index (χ4v) is 3.17. The number of likely N-dealkylation sites (N-methyl/N-ethyl adjacent to an activating group) is 1. The molecular formula is C20H25NO. The Bertz CT molecular complexity index is 648. The van der Waals surface area contributed by atoms with Gasteiger partial charge >= 0.3 is 0 Å². The van der Waals surface area contributed by atoms with Crippen LogP contribution in [0.25, 0.3) is 0 Å². The summed E-state index contributed by atoms with van der Waals surface area (Å²) < 4.78 is 6.34. The highest BCUT2D eigenvalue weighted by Gasteiger charge is 2.24. The molecule has 116 valence electrons. The van der Waals surface area contributed by atoms with E-state index in [0.717, 1.165) is 26.0 Å². The van der Waals surface area contributed by atoms with Crippen LogP contribution < -0.4 is 0 Å². The van der Waals surface area contributed by atoms with Gasteiger partial charge in [0.15, 0.2) is 0 Å². The molecule has 0 aliphatic heterocycles. The fraction of sp³-hybridized carbons (Fsp3) is 0.400. The first kappa shape index (κ1) is 15.3. The van der Waals surface area contributed by atoms with Gasteiger partial charge in [-0.2, -0.15) is 0 Å². The minimum absolute atomic E-state index is 0.0635. The molecule has 2 aromatic carbocycles. The van der Waals surface area contributed by atoms with Gasteiger partial charge in [-0.15, -0.1) is 0 Å². The van der Waals surface area contributed by atoms with Crippen molar-refractivity contribution in [3.05, 3.63) is 70.3 Å². The number of nitrogens with zero attached hydrogens (tertiary/aromatic N) is 1. The van der Waals surface area contributed by atoms with Crippen LogP contribution >= 0.6 is 0 Å². The van der Waals surface area contributed by atoms with Crippen LogP contribution in [0, 0.1) is 6.92 Å². The maximum Gasteiger partial charge on any atom is 0.108 e. The van der Waals surface area contributed by atoms with E-state index in [4.69, 9.17) is 4.74 Å². The Hall–Kier alpha value is -1.64. The van der Waals surface area contributed by atoms with E-state index in [2.05, 4.69) is 68.4 Å². The van der Waals surface area contributed by atoms with Crippen LogP contribution in [0.4, 0.5) is 0 Å². The predicted molar refractivity (Wildman–Crippen MR) is 91.4 cm³/mol. The summed E-state index contributed by atoms with van der Waals surface area (Å²) in [6.45, 7) is 3.85. The molecule has 3 rings (SSSR count). The van der Waals surface area contributed by atoms with Gasteiger partial charge in [-0.3, -0.25) is 0 Å². The summed E-state index contributed by atoms with van der Waals surface area (Å²) in [7, 11) is 4.17. The summed E-state index contributed by atoms with van der Waals surface area (Å²) in [6.07, 6.45) is 2.26. The zero-order valence-corrected chi connectivity index (χ0v) is 13.8. The average molecular weight is 295 g/mol. The first-order valence-electron chi connectivity index (χ1n) is 8.08. The lowest BCUT2D eigenvalue weighted by Crippen LogP contribution is -2.20. The Balaban J connectivity index is 1.98. The largest absolute Gasteiger partial charge is 0.367 e. The Labute approximate surface area is 133 Å². The van der Waals surface area contributed by atoms with Gasteiger partial charge in [-0.1, -0.05) is 48.0 Å². The standard InChI is InChI=1S/C20H25NO/c1-15-8-9-17-11-10-16-6-4-5-7-18(16)20(19(17)14-15)22-13-12-21(2)3/h4-9,14,20H,10-13H2,1-3H3. The maximum absolute atomic E-state index is 6.34. The minimum Gasteiger partial charge on any atom is -0.367 e. The van der Waals surface area contributed by atoms with E-state index in [1.165, 1.54) is 27.8 Å². The molecule has 0 spiro atoms. The SMILES string of the molecule is Cc1ccc2c(c1)C(OCCN(C)C)c1ccccc1CC2. The van der Waals surface area contributed by atoms with Crippen molar-refractivity contribution in [2.75, 3.05) is 27.2 Å². The third kappa shape index (κ3) is 3.23. The number of rotatable bonds is 4. The third-order valence-electron chi connectivity index (χ3n) is 4.41. The van der Waals surface area contributed by atoms with Crippen molar-refractivity contribution in [2.45, 2.75) is 25.9 Å². The van der Waals surface area contributed by atoms with E-state index in [9.17, 15) is 0 Å². The van der Waals surface area contributed by atoms with Crippen LogP contribution in [0.5, 0.6) is 0 Å². The highest BCUT2D eigenvalue weighted by Crippen LogP contribution is 2.35. The van der Waals surface area contributed by atoms with Gasteiger partial charge in [0, 0.05) is 6.54 Å². The van der Waals surface area contributed by atoms with E-state index in [1.807, 2.05) is 0 Å².